The third-order valence-corrected chi connectivity index (χ3v) is 1.88. The van der Waals surface area contributed by atoms with Gasteiger partial charge in [-0.1, -0.05) is 13.5 Å². The Morgan fingerprint density at radius 2 is 2.21 bits per heavy atom. The highest BCUT2D eigenvalue weighted by molar-refractivity contribution is 5.88. The molecule has 0 aromatic rings. The van der Waals surface area contributed by atoms with Crippen LogP contribution in [0.3, 0.4) is 0 Å². The first-order valence-corrected chi connectivity index (χ1v) is 4.84. The van der Waals surface area contributed by atoms with E-state index in [4.69, 9.17) is 9.84 Å². The number of rotatable bonds is 7. The molecular formula is C10H19NO3. The fraction of sp³-hybridized carbons (Fsp3) is 0.700. The molecule has 0 aliphatic rings. The van der Waals surface area contributed by atoms with Crippen molar-refractivity contribution in [2.24, 2.45) is 0 Å². The Hall–Kier alpha value is -0.870. The van der Waals surface area contributed by atoms with Gasteiger partial charge in [-0.3, -0.25) is 0 Å². The number of aliphatic hydroxyl groups is 1. The first-order valence-electron chi connectivity index (χ1n) is 4.84. The molecule has 4 heteroatoms. The zero-order valence-corrected chi connectivity index (χ0v) is 8.88. The summed E-state index contributed by atoms with van der Waals surface area (Å²) in [4.78, 5) is 11.1. The summed E-state index contributed by atoms with van der Waals surface area (Å²) in [5.41, 5.74) is 0.388. The predicted molar refractivity (Wildman–Crippen MR) is 54.9 cm³/mol. The average molecular weight is 201 g/mol. The largest absolute Gasteiger partial charge is 0.463 e. The zero-order valence-electron chi connectivity index (χ0n) is 8.88. The van der Waals surface area contributed by atoms with Gasteiger partial charge >= 0.3 is 5.97 Å². The topological polar surface area (TPSA) is 58.6 Å². The van der Waals surface area contributed by atoms with E-state index in [0.29, 0.717) is 18.7 Å². The Morgan fingerprint density at radius 3 is 2.64 bits per heavy atom. The monoisotopic (exact) mass is 201 g/mol. The lowest BCUT2D eigenvalue weighted by Gasteiger charge is -2.14. The molecule has 1 atom stereocenters. The standard InChI is InChI=1S/C10H19NO3/c1-4-9(7-12)11-6-8(3)10(13)14-5-2/h9,11-12H,3-7H2,1-2H3. The fourth-order valence-electron chi connectivity index (χ4n) is 0.911. The molecule has 4 nitrogen and oxygen atoms in total. The quantitative estimate of drug-likeness (QED) is 0.464. The van der Waals surface area contributed by atoms with Crippen LogP contribution in [0.15, 0.2) is 12.2 Å². The molecule has 0 fully saturated rings. The van der Waals surface area contributed by atoms with E-state index in [1.165, 1.54) is 0 Å². The zero-order chi connectivity index (χ0) is 11.0. The molecule has 0 radical (unpaired) electrons. The highest BCUT2D eigenvalue weighted by Crippen LogP contribution is 1.95. The molecule has 0 bridgehead atoms. The van der Waals surface area contributed by atoms with E-state index in [-0.39, 0.29) is 18.6 Å². The van der Waals surface area contributed by atoms with E-state index in [1.807, 2.05) is 6.92 Å². The lowest BCUT2D eigenvalue weighted by molar-refractivity contribution is -0.138. The third kappa shape index (κ3) is 4.99. The van der Waals surface area contributed by atoms with Crippen molar-refractivity contribution in [3.8, 4) is 0 Å². The maximum absolute atomic E-state index is 11.1. The summed E-state index contributed by atoms with van der Waals surface area (Å²) < 4.78 is 4.76. The van der Waals surface area contributed by atoms with Crippen molar-refractivity contribution in [1.82, 2.24) is 5.32 Å². The molecule has 0 spiro atoms. The summed E-state index contributed by atoms with van der Waals surface area (Å²) in [6.45, 7) is 8.08. The smallest absolute Gasteiger partial charge is 0.334 e. The summed E-state index contributed by atoms with van der Waals surface area (Å²) in [7, 11) is 0. The van der Waals surface area contributed by atoms with Crippen LogP contribution < -0.4 is 5.32 Å². The van der Waals surface area contributed by atoms with Crippen LogP contribution in [-0.4, -0.2) is 36.9 Å². The molecule has 0 rings (SSSR count). The number of nitrogens with one attached hydrogen (secondary N) is 1. The Labute approximate surface area is 85.0 Å². The Bertz CT molecular complexity index is 188. The Morgan fingerprint density at radius 1 is 1.57 bits per heavy atom. The van der Waals surface area contributed by atoms with E-state index < -0.39 is 0 Å². The van der Waals surface area contributed by atoms with Gasteiger partial charge in [0.05, 0.1) is 13.2 Å². The van der Waals surface area contributed by atoms with Crippen LogP contribution in [0.4, 0.5) is 0 Å². The SMILES string of the molecule is C=C(CNC(CC)CO)C(=O)OCC. The Balaban J connectivity index is 3.77. The second-order valence-electron chi connectivity index (χ2n) is 2.99. The van der Waals surface area contributed by atoms with E-state index in [1.54, 1.807) is 6.92 Å². The van der Waals surface area contributed by atoms with Gasteiger partial charge in [0.2, 0.25) is 0 Å². The molecule has 82 valence electrons. The molecule has 0 saturated carbocycles. The summed E-state index contributed by atoms with van der Waals surface area (Å²) in [5.74, 6) is -0.382. The normalized spacial score (nSPS) is 12.2. The van der Waals surface area contributed by atoms with Crippen LogP contribution in [0.25, 0.3) is 0 Å². The van der Waals surface area contributed by atoms with Crippen molar-refractivity contribution in [2.45, 2.75) is 26.3 Å². The fourth-order valence-corrected chi connectivity index (χ4v) is 0.911. The summed E-state index contributed by atoms with van der Waals surface area (Å²) >= 11 is 0. The minimum Gasteiger partial charge on any atom is -0.463 e. The second-order valence-corrected chi connectivity index (χ2v) is 2.99. The molecule has 0 heterocycles. The van der Waals surface area contributed by atoms with Crippen molar-refractivity contribution in [2.75, 3.05) is 19.8 Å². The number of esters is 1. The average Bonchev–Trinajstić information content (AvgIpc) is 2.19. The van der Waals surface area contributed by atoms with Crippen LogP contribution in [0.2, 0.25) is 0 Å². The molecule has 0 aromatic heterocycles. The molecule has 0 saturated heterocycles. The van der Waals surface area contributed by atoms with Crippen molar-refractivity contribution in [1.29, 1.82) is 0 Å². The molecular weight excluding hydrogens is 182 g/mol. The number of hydrogen-bond donors (Lipinski definition) is 2. The summed E-state index contributed by atoms with van der Waals surface area (Å²) in [6, 6.07) is 0.0150. The van der Waals surface area contributed by atoms with Gasteiger partial charge in [-0.25, -0.2) is 4.79 Å². The van der Waals surface area contributed by atoms with E-state index in [0.717, 1.165) is 6.42 Å². The van der Waals surface area contributed by atoms with Gasteiger partial charge in [0.15, 0.2) is 0 Å². The highest BCUT2D eigenvalue weighted by Gasteiger charge is 2.09. The van der Waals surface area contributed by atoms with Crippen molar-refractivity contribution < 1.29 is 14.6 Å². The second kappa shape index (κ2) is 7.53. The number of carbonyl (C=O) groups is 1. The van der Waals surface area contributed by atoms with Crippen molar-refractivity contribution >= 4 is 5.97 Å². The van der Waals surface area contributed by atoms with Crippen LogP contribution in [0.1, 0.15) is 20.3 Å². The van der Waals surface area contributed by atoms with E-state index >= 15 is 0 Å². The maximum atomic E-state index is 11.1. The van der Waals surface area contributed by atoms with Crippen LogP contribution in [0, 0.1) is 0 Å². The van der Waals surface area contributed by atoms with Gasteiger partial charge in [-0.15, -0.1) is 0 Å². The van der Waals surface area contributed by atoms with Gasteiger partial charge in [0, 0.05) is 18.2 Å². The van der Waals surface area contributed by atoms with E-state index in [2.05, 4.69) is 11.9 Å². The van der Waals surface area contributed by atoms with Gasteiger partial charge in [0.25, 0.3) is 0 Å². The molecule has 1 unspecified atom stereocenters. The minimum absolute atomic E-state index is 0.0150. The van der Waals surface area contributed by atoms with Crippen molar-refractivity contribution in [3.63, 3.8) is 0 Å². The first-order chi connectivity index (χ1) is 6.65. The molecule has 0 aliphatic heterocycles. The van der Waals surface area contributed by atoms with Crippen LogP contribution >= 0.6 is 0 Å². The van der Waals surface area contributed by atoms with Gasteiger partial charge in [-0.2, -0.15) is 0 Å². The highest BCUT2D eigenvalue weighted by atomic mass is 16.5. The van der Waals surface area contributed by atoms with Gasteiger partial charge in [-0.05, 0) is 13.3 Å². The molecule has 14 heavy (non-hydrogen) atoms. The molecule has 0 aliphatic carbocycles. The molecule has 2 N–H and O–H groups in total. The Kier molecular flexibility index (Phi) is 7.06. The maximum Gasteiger partial charge on any atom is 0.334 e. The van der Waals surface area contributed by atoms with Crippen LogP contribution in [0.5, 0.6) is 0 Å². The summed E-state index contributed by atoms with van der Waals surface area (Å²) in [5, 5.41) is 11.9. The van der Waals surface area contributed by atoms with E-state index in [9.17, 15) is 4.79 Å². The number of carbonyl (C=O) groups excluding carboxylic acids is 1. The number of hydrogen-bond acceptors (Lipinski definition) is 4. The first kappa shape index (κ1) is 13.1. The predicted octanol–water partition coefficient (Wildman–Crippen LogP) is 0.466. The lowest BCUT2D eigenvalue weighted by Crippen LogP contribution is -2.34. The van der Waals surface area contributed by atoms with Gasteiger partial charge < -0.3 is 15.2 Å². The number of aliphatic hydroxyl groups excluding tert-OH is 1. The third-order valence-electron chi connectivity index (χ3n) is 1.88. The van der Waals surface area contributed by atoms with Crippen molar-refractivity contribution in [3.05, 3.63) is 12.2 Å². The molecule has 0 amide bonds. The lowest BCUT2D eigenvalue weighted by atomic mass is 10.2. The van der Waals surface area contributed by atoms with Crippen LogP contribution in [-0.2, 0) is 9.53 Å². The summed E-state index contributed by atoms with van der Waals surface area (Å²) in [6.07, 6.45) is 0.812. The molecule has 0 aromatic carbocycles. The van der Waals surface area contributed by atoms with Gasteiger partial charge in [0.1, 0.15) is 0 Å². The number of ether oxygens (including phenoxy) is 1. The minimum atomic E-state index is -0.382.